The Labute approximate surface area is 164 Å². The van der Waals surface area contributed by atoms with E-state index in [2.05, 4.69) is 26.4 Å². The van der Waals surface area contributed by atoms with Gasteiger partial charge in [-0.15, -0.1) is 0 Å². The smallest absolute Gasteiger partial charge is 0.277 e. The van der Waals surface area contributed by atoms with E-state index in [1.54, 1.807) is 18.2 Å². The molecule has 0 aliphatic rings. The third kappa shape index (κ3) is 4.06. The quantitative estimate of drug-likeness (QED) is 0.621. The highest BCUT2D eigenvalue weighted by Gasteiger charge is 2.17. The summed E-state index contributed by atoms with van der Waals surface area (Å²) >= 11 is 3.38. The van der Waals surface area contributed by atoms with Gasteiger partial charge in [-0.2, -0.15) is 0 Å². The van der Waals surface area contributed by atoms with Crippen LogP contribution in [0.5, 0.6) is 17.2 Å². The molecule has 0 aliphatic heterocycles. The van der Waals surface area contributed by atoms with Crippen LogP contribution in [0.3, 0.4) is 0 Å². The highest BCUT2D eigenvalue weighted by molar-refractivity contribution is 9.10. The van der Waals surface area contributed by atoms with Gasteiger partial charge in [0, 0.05) is 33.9 Å². The molecule has 0 bridgehead atoms. The third-order valence-electron chi connectivity index (χ3n) is 3.79. The standard InChI is InChI=1S/C19H17BrN2O5/c1-24-16-8-13(9-17(25-2)18(16)26-3)21-19(23)14-10-15(27-22-14)11-4-6-12(20)7-5-11/h4-10H,1-3H3,(H,21,23). The number of benzene rings is 2. The Morgan fingerprint density at radius 3 is 2.19 bits per heavy atom. The van der Waals surface area contributed by atoms with Crippen molar-refractivity contribution in [3.8, 4) is 28.6 Å². The Hall–Kier alpha value is -3.00. The van der Waals surface area contributed by atoms with Crippen molar-refractivity contribution in [2.75, 3.05) is 26.6 Å². The molecule has 7 nitrogen and oxygen atoms in total. The SMILES string of the molecule is COc1cc(NC(=O)c2cc(-c3ccc(Br)cc3)on2)cc(OC)c1OC. The number of anilines is 1. The first-order valence-electron chi connectivity index (χ1n) is 7.89. The molecular weight excluding hydrogens is 416 g/mol. The van der Waals surface area contributed by atoms with E-state index < -0.39 is 5.91 Å². The molecule has 27 heavy (non-hydrogen) atoms. The summed E-state index contributed by atoms with van der Waals surface area (Å²) in [5.74, 6) is 1.39. The van der Waals surface area contributed by atoms with Crippen molar-refractivity contribution in [1.82, 2.24) is 5.16 Å². The summed E-state index contributed by atoms with van der Waals surface area (Å²) in [5.41, 5.74) is 1.45. The number of hydrogen-bond acceptors (Lipinski definition) is 6. The van der Waals surface area contributed by atoms with Crippen molar-refractivity contribution in [3.05, 3.63) is 52.6 Å². The molecule has 0 saturated carbocycles. The van der Waals surface area contributed by atoms with E-state index >= 15 is 0 Å². The first kappa shape index (κ1) is 18.8. The van der Waals surface area contributed by atoms with E-state index in [-0.39, 0.29) is 5.69 Å². The number of methoxy groups -OCH3 is 3. The molecule has 8 heteroatoms. The van der Waals surface area contributed by atoms with Crippen molar-refractivity contribution in [1.29, 1.82) is 0 Å². The molecule has 3 rings (SSSR count). The molecule has 1 heterocycles. The molecule has 3 aromatic rings. The van der Waals surface area contributed by atoms with Crippen LogP contribution in [0, 0.1) is 0 Å². The molecule has 0 atom stereocenters. The summed E-state index contributed by atoms with van der Waals surface area (Å²) < 4.78 is 22.1. The lowest BCUT2D eigenvalue weighted by Crippen LogP contribution is -2.12. The fraction of sp³-hybridized carbons (Fsp3) is 0.158. The molecule has 140 valence electrons. The van der Waals surface area contributed by atoms with Crippen molar-refractivity contribution >= 4 is 27.5 Å². The van der Waals surface area contributed by atoms with Crippen molar-refractivity contribution < 1.29 is 23.5 Å². The lowest BCUT2D eigenvalue weighted by Gasteiger charge is -2.14. The van der Waals surface area contributed by atoms with Gasteiger partial charge in [0.1, 0.15) is 0 Å². The zero-order valence-electron chi connectivity index (χ0n) is 14.9. The zero-order chi connectivity index (χ0) is 19.4. The zero-order valence-corrected chi connectivity index (χ0v) is 16.5. The van der Waals surface area contributed by atoms with Gasteiger partial charge in [0.05, 0.1) is 21.3 Å². The Morgan fingerprint density at radius 1 is 1.00 bits per heavy atom. The second-order valence-corrected chi connectivity index (χ2v) is 6.37. The van der Waals surface area contributed by atoms with Crippen LogP contribution in [-0.4, -0.2) is 32.4 Å². The Bertz CT molecular complexity index is 928. The predicted molar refractivity (Wildman–Crippen MR) is 104 cm³/mol. The first-order chi connectivity index (χ1) is 13.0. The average molecular weight is 433 g/mol. The van der Waals surface area contributed by atoms with Crippen LogP contribution in [0.25, 0.3) is 11.3 Å². The number of aromatic nitrogens is 1. The van der Waals surface area contributed by atoms with Crippen LogP contribution in [0.2, 0.25) is 0 Å². The third-order valence-corrected chi connectivity index (χ3v) is 4.32. The topological polar surface area (TPSA) is 82.8 Å². The fourth-order valence-electron chi connectivity index (χ4n) is 2.48. The van der Waals surface area contributed by atoms with Crippen LogP contribution >= 0.6 is 15.9 Å². The number of carbonyl (C=O) groups excluding carboxylic acids is 1. The van der Waals surface area contributed by atoms with Crippen LogP contribution in [0.4, 0.5) is 5.69 Å². The number of rotatable bonds is 6. The predicted octanol–water partition coefficient (Wildman–Crippen LogP) is 4.38. The van der Waals surface area contributed by atoms with Crippen LogP contribution < -0.4 is 19.5 Å². The largest absolute Gasteiger partial charge is 0.493 e. The fourth-order valence-corrected chi connectivity index (χ4v) is 2.75. The molecule has 0 spiro atoms. The molecule has 2 aromatic carbocycles. The molecule has 1 amide bonds. The minimum Gasteiger partial charge on any atom is -0.493 e. The number of nitrogens with one attached hydrogen (secondary N) is 1. The lowest BCUT2D eigenvalue weighted by atomic mass is 10.1. The Morgan fingerprint density at radius 2 is 1.63 bits per heavy atom. The van der Waals surface area contributed by atoms with Crippen molar-refractivity contribution in [2.24, 2.45) is 0 Å². The maximum absolute atomic E-state index is 12.5. The molecule has 0 aliphatic carbocycles. The van der Waals surface area contributed by atoms with E-state index in [0.29, 0.717) is 28.7 Å². The number of ether oxygens (including phenoxy) is 3. The molecule has 0 fully saturated rings. The van der Waals surface area contributed by atoms with Gasteiger partial charge in [0.2, 0.25) is 5.75 Å². The summed E-state index contributed by atoms with van der Waals surface area (Å²) in [7, 11) is 4.52. The summed E-state index contributed by atoms with van der Waals surface area (Å²) in [4.78, 5) is 12.5. The number of hydrogen-bond donors (Lipinski definition) is 1. The van der Waals surface area contributed by atoms with Gasteiger partial charge in [-0.25, -0.2) is 0 Å². The summed E-state index contributed by atoms with van der Waals surface area (Å²) in [6.07, 6.45) is 0. The molecule has 0 radical (unpaired) electrons. The normalized spacial score (nSPS) is 10.4. The van der Waals surface area contributed by atoms with Crippen molar-refractivity contribution in [2.45, 2.75) is 0 Å². The van der Waals surface area contributed by atoms with Crippen LogP contribution in [0.1, 0.15) is 10.5 Å². The monoisotopic (exact) mass is 432 g/mol. The van der Waals surface area contributed by atoms with Crippen LogP contribution in [0.15, 0.2) is 51.5 Å². The molecule has 1 N–H and O–H groups in total. The number of amides is 1. The minimum atomic E-state index is -0.420. The number of nitrogens with zero attached hydrogens (tertiary/aromatic N) is 1. The van der Waals surface area contributed by atoms with Gasteiger partial charge in [-0.05, 0) is 12.1 Å². The van der Waals surface area contributed by atoms with E-state index in [1.807, 2.05) is 24.3 Å². The molecule has 0 unspecified atom stereocenters. The maximum atomic E-state index is 12.5. The maximum Gasteiger partial charge on any atom is 0.277 e. The van der Waals surface area contributed by atoms with Crippen LogP contribution in [-0.2, 0) is 0 Å². The van der Waals surface area contributed by atoms with Gasteiger partial charge in [-0.3, -0.25) is 4.79 Å². The molecule has 1 aromatic heterocycles. The van der Waals surface area contributed by atoms with Gasteiger partial charge in [0.25, 0.3) is 5.91 Å². The van der Waals surface area contributed by atoms with E-state index in [0.717, 1.165) is 10.0 Å². The average Bonchev–Trinajstić information content (AvgIpc) is 3.18. The second-order valence-electron chi connectivity index (χ2n) is 5.45. The van der Waals surface area contributed by atoms with E-state index in [1.165, 1.54) is 21.3 Å². The first-order valence-corrected chi connectivity index (χ1v) is 8.69. The Kier molecular flexibility index (Phi) is 5.66. The van der Waals surface area contributed by atoms with Crippen molar-refractivity contribution in [3.63, 3.8) is 0 Å². The summed E-state index contributed by atoms with van der Waals surface area (Å²) in [6, 6.07) is 12.3. The number of carbonyl (C=O) groups is 1. The molecular formula is C19H17BrN2O5. The summed E-state index contributed by atoms with van der Waals surface area (Å²) in [6.45, 7) is 0. The second kappa shape index (κ2) is 8.13. The highest BCUT2D eigenvalue weighted by Crippen LogP contribution is 2.40. The van der Waals surface area contributed by atoms with Gasteiger partial charge >= 0.3 is 0 Å². The van der Waals surface area contributed by atoms with Gasteiger partial charge in [-0.1, -0.05) is 33.2 Å². The highest BCUT2D eigenvalue weighted by atomic mass is 79.9. The number of halogens is 1. The summed E-state index contributed by atoms with van der Waals surface area (Å²) in [5, 5.41) is 6.59. The minimum absolute atomic E-state index is 0.154. The van der Waals surface area contributed by atoms with Gasteiger partial charge < -0.3 is 24.1 Å². The lowest BCUT2D eigenvalue weighted by molar-refractivity contribution is 0.101. The van der Waals surface area contributed by atoms with E-state index in [9.17, 15) is 4.79 Å². The van der Waals surface area contributed by atoms with Gasteiger partial charge in [0.15, 0.2) is 23.0 Å². The Balaban J connectivity index is 1.82. The molecule has 0 saturated heterocycles. The van der Waals surface area contributed by atoms with E-state index in [4.69, 9.17) is 18.7 Å².